The number of rotatable bonds is 5. The van der Waals surface area contributed by atoms with Gasteiger partial charge < -0.3 is 10.6 Å². The average Bonchev–Trinajstić information content (AvgIpc) is 3.54. The van der Waals surface area contributed by atoms with Crippen LogP contribution in [-0.2, 0) is 11.8 Å². The maximum Gasteiger partial charge on any atom is 0.263 e. The van der Waals surface area contributed by atoms with Gasteiger partial charge in [-0.15, -0.1) is 11.3 Å². The number of hydrogen-bond acceptors (Lipinski definition) is 8. The van der Waals surface area contributed by atoms with E-state index < -0.39 is 0 Å². The third-order valence-corrected chi connectivity index (χ3v) is 7.49. The predicted octanol–water partition coefficient (Wildman–Crippen LogP) is 4.03. The van der Waals surface area contributed by atoms with Gasteiger partial charge in [-0.2, -0.15) is 5.10 Å². The summed E-state index contributed by atoms with van der Waals surface area (Å²) in [5.74, 6) is 0.539. The molecule has 8 nitrogen and oxygen atoms in total. The van der Waals surface area contributed by atoms with Crippen LogP contribution in [0, 0.1) is 0 Å². The van der Waals surface area contributed by atoms with Crippen molar-refractivity contribution in [3.63, 3.8) is 0 Å². The Morgan fingerprint density at radius 1 is 1.21 bits per heavy atom. The lowest BCUT2D eigenvalue weighted by Gasteiger charge is -2.15. The van der Waals surface area contributed by atoms with E-state index in [2.05, 4.69) is 64.7 Å². The summed E-state index contributed by atoms with van der Waals surface area (Å²) in [6, 6.07) is 8.41. The van der Waals surface area contributed by atoms with Crippen molar-refractivity contribution in [1.29, 1.82) is 0 Å². The zero-order valence-corrected chi connectivity index (χ0v) is 20.7. The average molecular weight is 476 g/mol. The molecule has 9 heteroatoms. The number of aromatic nitrogens is 3. The number of carbonyl (C=O) groups excluding carboxylic acids is 1. The summed E-state index contributed by atoms with van der Waals surface area (Å²) in [5.41, 5.74) is 4.29. The van der Waals surface area contributed by atoms with Crippen LogP contribution in [0.25, 0.3) is 11.3 Å². The Balaban J connectivity index is 1.29. The van der Waals surface area contributed by atoms with Crippen LogP contribution >= 0.6 is 11.3 Å². The lowest BCUT2D eigenvalue weighted by Crippen LogP contribution is -2.27. The van der Waals surface area contributed by atoms with Gasteiger partial charge >= 0.3 is 0 Å². The molecule has 34 heavy (non-hydrogen) atoms. The number of aryl methyl sites for hydroxylation is 1. The molecule has 5 rings (SSSR count). The largest absolute Gasteiger partial charge is 0.345 e. The lowest BCUT2D eigenvalue weighted by molar-refractivity contribution is 0.0940. The summed E-state index contributed by atoms with van der Waals surface area (Å²) in [5, 5.41) is 13.6. The summed E-state index contributed by atoms with van der Waals surface area (Å²) in [4.78, 5) is 27.0. The van der Waals surface area contributed by atoms with Crippen molar-refractivity contribution in [3.05, 3.63) is 57.7 Å². The monoisotopic (exact) mass is 475 g/mol. The zero-order chi connectivity index (χ0) is 23.9. The quantitative estimate of drug-likeness (QED) is 0.579. The molecule has 1 aromatic carbocycles. The van der Waals surface area contributed by atoms with E-state index in [1.807, 2.05) is 24.3 Å². The second-order valence-corrected chi connectivity index (χ2v) is 10.9. The Hall–Kier alpha value is -3.33. The third-order valence-electron chi connectivity index (χ3n) is 6.07. The molecule has 1 amide bonds. The molecule has 0 bridgehead atoms. The fraction of sp³-hybridized carbons (Fsp3) is 0.400. The van der Waals surface area contributed by atoms with Gasteiger partial charge in [0.15, 0.2) is 0 Å². The van der Waals surface area contributed by atoms with Crippen molar-refractivity contribution in [2.45, 2.75) is 51.1 Å². The van der Waals surface area contributed by atoms with Crippen LogP contribution < -0.4 is 10.6 Å². The van der Waals surface area contributed by atoms with E-state index in [-0.39, 0.29) is 23.4 Å². The first kappa shape index (κ1) is 22.5. The van der Waals surface area contributed by atoms with Crippen molar-refractivity contribution in [2.75, 3.05) is 18.9 Å². The highest BCUT2D eigenvalue weighted by atomic mass is 32.1. The topological polar surface area (TPSA) is 95.4 Å². The predicted molar refractivity (Wildman–Crippen MR) is 135 cm³/mol. The molecule has 2 atom stereocenters. The van der Waals surface area contributed by atoms with E-state index in [0.29, 0.717) is 10.8 Å². The number of benzene rings is 1. The Labute approximate surface area is 203 Å². The maximum absolute atomic E-state index is 12.9. The summed E-state index contributed by atoms with van der Waals surface area (Å²) >= 11 is 1.47. The lowest BCUT2D eigenvalue weighted by atomic mass is 9.98. The molecule has 1 aliphatic heterocycles. The summed E-state index contributed by atoms with van der Waals surface area (Å²) in [7, 11) is 1.94. The van der Waals surface area contributed by atoms with Gasteiger partial charge in [-0.05, 0) is 36.1 Å². The van der Waals surface area contributed by atoms with Crippen LogP contribution in [-0.4, -0.2) is 51.7 Å². The highest BCUT2D eigenvalue weighted by Gasteiger charge is 2.27. The number of likely N-dealkylation sites (N-methyl/N-ethyl adjacent to an activating group) is 1. The van der Waals surface area contributed by atoms with E-state index >= 15 is 0 Å². The third kappa shape index (κ3) is 4.65. The number of amides is 1. The minimum absolute atomic E-state index is 0.0120. The SMILES string of the molecule is CN1CC(Nc2nccc(-c3ccc4c(c3)CCC4NC(=O)c3cnc(C(C)(C)C)s3)n2)C=N1. The number of hydrogen-bond donors (Lipinski definition) is 2. The number of nitrogens with one attached hydrogen (secondary N) is 2. The molecular weight excluding hydrogens is 446 g/mol. The van der Waals surface area contributed by atoms with E-state index in [0.717, 1.165) is 35.7 Å². The number of fused-ring (bicyclic) bond motifs is 1. The first-order valence-electron chi connectivity index (χ1n) is 11.5. The highest BCUT2D eigenvalue weighted by molar-refractivity contribution is 7.13. The van der Waals surface area contributed by atoms with E-state index in [4.69, 9.17) is 4.98 Å². The Kier molecular flexibility index (Phi) is 5.81. The molecule has 2 N–H and O–H groups in total. The molecule has 0 saturated carbocycles. The van der Waals surface area contributed by atoms with Crippen LogP contribution in [0.4, 0.5) is 5.95 Å². The van der Waals surface area contributed by atoms with Gasteiger partial charge in [-0.25, -0.2) is 15.0 Å². The Bertz CT molecular complexity index is 1250. The van der Waals surface area contributed by atoms with Crippen LogP contribution in [0.2, 0.25) is 0 Å². The number of thiazole rings is 1. The van der Waals surface area contributed by atoms with Gasteiger partial charge in [0.05, 0.1) is 35.5 Å². The van der Waals surface area contributed by atoms with E-state index in [1.165, 1.54) is 22.5 Å². The van der Waals surface area contributed by atoms with Gasteiger partial charge in [0, 0.05) is 30.4 Å². The smallest absolute Gasteiger partial charge is 0.263 e. The van der Waals surface area contributed by atoms with Crippen molar-refractivity contribution in [1.82, 2.24) is 25.3 Å². The molecular formula is C25H29N7OS. The first-order valence-corrected chi connectivity index (χ1v) is 12.3. The summed E-state index contributed by atoms with van der Waals surface area (Å²) in [6.45, 7) is 7.11. The minimum atomic E-state index is -0.0586. The van der Waals surface area contributed by atoms with Crippen molar-refractivity contribution in [2.24, 2.45) is 5.10 Å². The summed E-state index contributed by atoms with van der Waals surface area (Å²) < 4.78 is 0. The second kappa shape index (κ2) is 8.79. The zero-order valence-electron chi connectivity index (χ0n) is 19.9. The number of nitrogens with zero attached hydrogens (tertiary/aromatic N) is 5. The molecule has 3 aromatic rings. The number of anilines is 1. The van der Waals surface area contributed by atoms with Crippen LogP contribution in [0.1, 0.15) is 59.0 Å². The number of carbonyl (C=O) groups is 1. The van der Waals surface area contributed by atoms with Crippen LogP contribution in [0.5, 0.6) is 0 Å². The second-order valence-electron chi connectivity index (χ2n) is 9.88. The molecule has 2 aliphatic rings. The molecule has 0 radical (unpaired) electrons. The molecule has 0 fully saturated rings. The molecule has 2 unspecified atom stereocenters. The Morgan fingerprint density at radius 2 is 2.06 bits per heavy atom. The van der Waals surface area contributed by atoms with Gasteiger partial charge in [-0.1, -0.05) is 32.9 Å². The molecule has 176 valence electrons. The van der Waals surface area contributed by atoms with E-state index in [9.17, 15) is 4.79 Å². The molecule has 2 aromatic heterocycles. The van der Waals surface area contributed by atoms with Crippen molar-refractivity contribution >= 4 is 29.4 Å². The minimum Gasteiger partial charge on any atom is -0.345 e. The highest BCUT2D eigenvalue weighted by Crippen LogP contribution is 2.35. The fourth-order valence-electron chi connectivity index (χ4n) is 4.29. The first-order chi connectivity index (χ1) is 16.3. The molecule has 3 heterocycles. The van der Waals surface area contributed by atoms with Gasteiger partial charge in [0.2, 0.25) is 5.95 Å². The maximum atomic E-state index is 12.9. The van der Waals surface area contributed by atoms with Gasteiger partial charge in [-0.3, -0.25) is 9.80 Å². The number of hydrazone groups is 1. The van der Waals surface area contributed by atoms with Crippen molar-refractivity contribution in [3.8, 4) is 11.3 Å². The van der Waals surface area contributed by atoms with E-state index in [1.54, 1.807) is 12.4 Å². The summed E-state index contributed by atoms with van der Waals surface area (Å²) in [6.07, 6.45) is 7.15. The van der Waals surface area contributed by atoms with Crippen molar-refractivity contribution < 1.29 is 4.79 Å². The Morgan fingerprint density at radius 3 is 2.79 bits per heavy atom. The normalized spacial score (nSPS) is 19.4. The van der Waals surface area contributed by atoms with Crippen LogP contribution in [0.15, 0.2) is 41.8 Å². The van der Waals surface area contributed by atoms with Crippen LogP contribution in [0.3, 0.4) is 0 Å². The van der Waals surface area contributed by atoms with Gasteiger partial charge in [0.25, 0.3) is 5.91 Å². The molecule has 1 aliphatic carbocycles. The molecule has 0 saturated heterocycles. The van der Waals surface area contributed by atoms with Gasteiger partial charge in [0.1, 0.15) is 4.88 Å². The molecule has 0 spiro atoms. The fourth-order valence-corrected chi connectivity index (χ4v) is 5.17. The standard InChI is InChI=1S/C25H29N7OS/c1-25(2,3)23-27-13-21(34-23)22(33)30-20-8-6-15-11-16(5-7-18(15)20)19-9-10-26-24(31-19)29-17-12-28-32(4)14-17/h5,7,9-13,17,20H,6,8,14H2,1-4H3,(H,30,33)(H,26,29,31).